The molecule has 1 heterocycles. The second-order valence-electron chi connectivity index (χ2n) is 9.53. The number of ketones is 1. The summed E-state index contributed by atoms with van der Waals surface area (Å²) in [4.78, 5) is 37.6. The molecule has 2 atom stereocenters. The fourth-order valence-electron chi connectivity index (χ4n) is 3.95. The Morgan fingerprint density at radius 2 is 1.82 bits per heavy atom. The fraction of sp³-hybridized carbons (Fsp3) is 0.423. The Kier molecular flexibility index (Phi) is 7.64. The number of rotatable bonds is 8. The minimum absolute atomic E-state index is 0.0338. The monoisotopic (exact) mass is 454 g/mol. The lowest BCUT2D eigenvalue weighted by molar-refractivity contribution is -0.130. The van der Waals surface area contributed by atoms with E-state index in [0.29, 0.717) is 23.3 Å². The van der Waals surface area contributed by atoms with Crippen LogP contribution in [0.4, 0.5) is 4.39 Å². The van der Waals surface area contributed by atoms with Crippen LogP contribution in [0.2, 0.25) is 0 Å². The van der Waals surface area contributed by atoms with Crippen molar-refractivity contribution in [3.8, 4) is 0 Å². The molecule has 2 N–H and O–H groups in total. The number of methoxy groups -OCH3 is 1. The number of Topliss-reactive ketones (excluding diaryl/α,β-unsaturated/α-hetero) is 1. The molecular weight excluding hydrogens is 423 g/mol. The Bertz CT molecular complexity index is 1030. The number of nitrogens with one attached hydrogen (secondary N) is 2. The van der Waals surface area contributed by atoms with Crippen molar-refractivity contribution in [3.05, 3.63) is 70.5 Å². The molecule has 33 heavy (non-hydrogen) atoms. The van der Waals surface area contributed by atoms with Crippen LogP contribution in [-0.2, 0) is 37.6 Å². The molecule has 7 heteroatoms. The number of hydrogen-bond acceptors (Lipinski definition) is 4. The van der Waals surface area contributed by atoms with E-state index in [1.54, 1.807) is 31.4 Å². The molecule has 0 radical (unpaired) electrons. The van der Waals surface area contributed by atoms with E-state index in [1.165, 1.54) is 6.07 Å². The molecule has 1 fully saturated rings. The molecule has 3 rings (SSSR count). The molecule has 176 valence electrons. The maximum absolute atomic E-state index is 14.7. The normalized spacial score (nSPS) is 16.9. The molecule has 1 aliphatic heterocycles. The summed E-state index contributed by atoms with van der Waals surface area (Å²) in [6.45, 7) is 6.46. The number of carbonyl (C=O) groups excluding carboxylic acids is 3. The minimum atomic E-state index is -0.907. The number of benzene rings is 2. The molecule has 6 nitrogen and oxygen atoms in total. The lowest BCUT2D eigenvalue weighted by Crippen LogP contribution is -2.39. The van der Waals surface area contributed by atoms with Crippen LogP contribution in [0.15, 0.2) is 42.5 Å². The highest BCUT2D eigenvalue weighted by molar-refractivity contribution is 5.94. The standard InChI is InChI=1S/C26H31FN2O4/c1-26(2,3)20-10-7-17(11-21(20)27)12-22(30)24(18-8-5-16(6-9-18)15-33-4)29-25(32)19-13-23(31)28-14-19/h5-11,19,24H,12-15H2,1-4H3,(H,28,31)(H,29,32)/t19-,24-/m0/s1. The number of carbonyl (C=O) groups is 3. The molecule has 2 amide bonds. The average Bonchev–Trinajstić information content (AvgIpc) is 3.18. The number of amides is 2. The number of hydrogen-bond donors (Lipinski definition) is 2. The van der Waals surface area contributed by atoms with Crippen LogP contribution in [0.5, 0.6) is 0 Å². The van der Waals surface area contributed by atoms with Gasteiger partial charge in [-0.2, -0.15) is 0 Å². The third kappa shape index (κ3) is 6.26. The summed E-state index contributed by atoms with van der Waals surface area (Å²) in [5.41, 5.74) is 2.33. The van der Waals surface area contributed by atoms with Gasteiger partial charge in [0.05, 0.1) is 12.5 Å². The van der Waals surface area contributed by atoms with E-state index in [4.69, 9.17) is 4.74 Å². The van der Waals surface area contributed by atoms with Gasteiger partial charge in [-0.05, 0) is 33.7 Å². The highest BCUT2D eigenvalue weighted by Gasteiger charge is 2.31. The van der Waals surface area contributed by atoms with Gasteiger partial charge < -0.3 is 15.4 Å². The smallest absolute Gasteiger partial charge is 0.226 e. The third-order valence-corrected chi connectivity index (χ3v) is 5.80. The Labute approximate surface area is 193 Å². The van der Waals surface area contributed by atoms with Crippen molar-refractivity contribution >= 4 is 17.6 Å². The summed E-state index contributed by atoms with van der Waals surface area (Å²) < 4.78 is 19.8. The van der Waals surface area contributed by atoms with Gasteiger partial charge in [0.25, 0.3) is 0 Å². The Balaban J connectivity index is 1.83. The number of halogens is 1. The van der Waals surface area contributed by atoms with Crippen molar-refractivity contribution < 1.29 is 23.5 Å². The van der Waals surface area contributed by atoms with Gasteiger partial charge in [-0.25, -0.2) is 4.39 Å². The van der Waals surface area contributed by atoms with E-state index in [9.17, 15) is 18.8 Å². The zero-order valence-corrected chi connectivity index (χ0v) is 19.5. The molecule has 0 saturated carbocycles. The van der Waals surface area contributed by atoms with Crippen LogP contribution in [-0.4, -0.2) is 31.3 Å². The van der Waals surface area contributed by atoms with E-state index in [-0.39, 0.29) is 48.2 Å². The van der Waals surface area contributed by atoms with Crippen LogP contribution in [0.1, 0.15) is 55.5 Å². The van der Waals surface area contributed by atoms with Crippen molar-refractivity contribution in [2.75, 3.05) is 13.7 Å². The highest BCUT2D eigenvalue weighted by atomic mass is 19.1. The van der Waals surface area contributed by atoms with Crippen LogP contribution < -0.4 is 10.6 Å². The zero-order chi connectivity index (χ0) is 24.2. The first kappa shape index (κ1) is 24.6. The molecule has 0 aliphatic carbocycles. The molecule has 0 aromatic heterocycles. The predicted molar refractivity (Wildman–Crippen MR) is 123 cm³/mol. The summed E-state index contributed by atoms with van der Waals surface area (Å²) in [7, 11) is 1.60. The summed E-state index contributed by atoms with van der Waals surface area (Å²) in [6, 6.07) is 11.2. The summed E-state index contributed by atoms with van der Waals surface area (Å²) in [6.07, 6.45) is 0.0625. The van der Waals surface area contributed by atoms with Crippen molar-refractivity contribution in [2.45, 2.75) is 51.7 Å². The minimum Gasteiger partial charge on any atom is -0.380 e. The van der Waals surface area contributed by atoms with Gasteiger partial charge in [0, 0.05) is 26.5 Å². The summed E-state index contributed by atoms with van der Waals surface area (Å²) >= 11 is 0. The molecule has 2 aromatic carbocycles. The largest absolute Gasteiger partial charge is 0.380 e. The van der Waals surface area contributed by atoms with Gasteiger partial charge in [-0.1, -0.05) is 57.2 Å². The molecule has 1 aliphatic rings. The first-order valence-corrected chi connectivity index (χ1v) is 11.0. The third-order valence-electron chi connectivity index (χ3n) is 5.80. The van der Waals surface area contributed by atoms with Crippen LogP contribution in [0, 0.1) is 11.7 Å². The summed E-state index contributed by atoms with van der Waals surface area (Å²) in [5.74, 6) is -1.68. The maximum atomic E-state index is 14.7. The molecular formula is C26H31FN2O4. The average molecular weight is 455 g/mol. The molecule has 0 spiro atoms. The first-order valence-electron chi connectivity index (χ1n) is 11.0. The van der Waals surface area contributed by atoms with E-state index in [2.05, 4.69) is 10.6 Å². The lowest BCUT2D eigenvalue weighted by Gasteiger charge is -2.22. The molecule has 2 aromatic rings. The predicted octanol–water partition coefficient (Wildman–Crippen LogP) is 3.37. The SMILES string of the molecule is COCc1ccc([C@H](NC(=O)[C@@H]2CNC(=O)C2)C(=O)Cc2ccc(C(C)(C)C)c(F)c2)cc1. The van der Waals surface area contributed by atoms with E-state index >= 15 is 0 Å². The molecule has 1 saturated heterocycles. The number of ether oxygens (including phenoxy) is 1. The van der Waals surface area contributed by atoms with Gasteiger partial charge in [-0.15, -0.1) is 0 Å². The maximum Gasteiger partial charge on any atom is 0.226 e. The van der Waals surface area contributed by atoms with Crippen molar-refractivity contribution in [1.29, 1.82) is 0 Å². The summed E-state index contributed by atoms with van der Waals surface area (Å²) in [5, 5.41) is 5.45. The Morgan fingerprint density at radius 1 is 1.15 bits per heavy atom. The Morgan fingerprint density at radius 3 is 2.36 bits per heavy atom. The van der Waals surface area contributed by atoms with Gasteiger partial charge in [0.2, 0.25) is 11.8 Å². The van der Waals surface area contributed by atoms with Gasteiger partial charge >= 0.3 is 0 Å². The second kappa shape index (κ2) is 10.3. The van der Waals surface area contributed by atoms with Gasteiger partial charge in [0.15, 0.2) is 5.78 Å². The zero-order valence-electron chi connectivity index (χ0n) is 19.5. The topological polar surface area (TPSA) is 84.5 Å². The van der Waals surface area contributed by atoms with Crippen molar-refractivity contribution in [1.82, 2.24) is 10.6 Å². The quantitative estimate of drug-likeness (QED) is 0.641. The fourth-order valence-corrected chi connectivity index (χ4v) is 3.95. The van der Waals surface area contributed by atoms with E-state index in [1.807, 2.05) is 32.9 Å². The molecule has 0 bridgehead atoms. The van der Waals surface area contributed by atoms with Crippen LogP contribution in [0.25, 0.3) is 0 Å². The highest BCUT2D eigenvalue weighted by Crippen LogP contribution is 2.26. The van der Waals surface area contributed by atoms with Gasteiger partial charge in [0.1, 0.15) is 11.9 Å². The first-order chi connectivity index (χ1) is 15.6. The van der Waals surface area contributed by atoms with E-state index < -0.39 is 12.0 Å². The van der Waals surface area contributed by atoms with Gasteiger partial charge in [-0.3, -0.25) is 14.4 Å². The van der Waals surface area contributed by atoms with E-state index in [0.717, 1.165) is 5.56 Å². The Hall–Kier alpha value is -3.06. The van der Waals surface area contributed by atoms with Crippen LogP contribution in [0.3, 0.4) is 0 Å². The molecule has 0 unspecified atom stereocenters. The van der Waals surface area contributed by atoms with Crippen molar-refractivity contribution in [2.24, 2.45) is 5.92 Å². The lowest BCUT2D eigenvalue weighted by atomic mass is 9.85. The van der Waals surface area contributed by atoms with Crippen LogP contribution >= 0.6 is 0 Å². The second-order valence-corrected chi connectivity index (χ2v) is 9.53. The van der Waals surface area contributed by atoms with Crippen molar-refractivity contribution in [3.63, 3.8) is 0 Å².